The first-order valence-electron chi connectivity index (χ1n) is 11.7. The number of pyridine rings is 1. The molecular formula is C27H25N5O3S. The van der Waals surface area contributed by atoms with Crippen molar-refractivity contribution >= 4 is 28.7 Å². The number of hydrogen-bond donors (Lipinski definition) is 2. The maximum atomic E-state index is 11.6. The zero-order valence-corrected chi connectivity index (χ0v) is 20.2. The van der Waals surface area contributed by atoms with Crippen LogP contribution in [0.2, 0.25) is 0 Å². The van der Waals surface area contributed by atoms with Crippen LogP contribution in [0.3, 0.4) is 0 Å². The molecule has 1 aliphatic rings. The van der Waals surface area contributed by atoms with Crippen molar-refractivity contribution in [2.75, 3.05) is 18.4 Å². The van der Waals surface area contributed by atoms with Gasteiger partial charge in [-0.3, -0.25) is 15.1 Å². The molecule has 5 rings (SSSR count). The van der Waals surface area contributed by atoms with Crippen molar-refractivity contribution in [2.24, 2.45) is 0 Å². The molecule has 36 heavy (non-hydrogen) atoms. The smallest absolute Gasteiger partial charge is 0.280 e. The number of nitrogens with zero attached hydrogens (tertiary/aromatic N) is 3. The first-order valence-corrected chi connectivity index (χ1v) is 12.1. The van der Waals surface area contributed by atoms with Crippen molar-refractivity contribution in [1.82, 2.24) is 15.2 Å². The van der Waals surface area contributed by atoms with Gasteiger partial charge in [-0.1, -0.05) is 36.4 Å². The number of benzene rings is 2. The summed E-state index contributed by atoms with van der Waals surface area (Å²) in [5, 5.41) is 19.0. The number of nitro benzene ring substituents is 1. The van der Waals surface area contributed by atoms with Gasteiger partial charge in [0.1, 0.15) is 17.6 Å². The highest BCUT2D eigenvalue weighted by Crippen LogP contribution is 2.41. The number of rotatable bonds is 9. The van der Waals surface area contributed by atoms with Crippen LogP contribution in [-0.4, -0.2) is 33.0 Å². The van der Waals surface area contributed by atoms with Gasteiger partial charge in [-0.15, -0.1) is 0 Å². The first kappa shape index (κ1) is 23.5. The highest BCUT2D eigenvalue weighted by Gasteiger charge is 2.41. The third-order valence-corrected chi connectivity index (χ3v) is 6.51. The molecule has 0 spiro atoms. The molecule has 0 amide bonds. The molecule has 0 bridgehead atoms. The van der Waals surface area contributed by atoms with E-state index >= 15 is 0 Å². The van der Waals surface area contributed by atoms with E-state index in [9.17, 15) is 10.1 Å². The second-order valence-corrected chi connectivity index (χ2v) is 8.83. The Hall–Kier alpha value is -4.24. The Kier molecular flexibility index (Phi) is 6.90. The minimum Gasteiger partial charge on any atom is -0.459 e. The Morgan fingerprint density at radius 2 is 1.81 bits per heavy atom. The molecule has 2 aromatic heterocycles. The zero-order valence-electron chi connectivity index (χ0n) is 19.4. The van der Waals surface area contributed by atoms with E-state index in [1.807, 2.05) is 54.6 Å². The minimum atomic E-state index is -0.396. The van der Waals surface area contributed by atoms with Gasteiger partial charge in [0.2, 0.25) is 0 Å². The fourth-order valence-corrected chi connectivity index (χ4v) is 4.82. The lowest BCUT2D eigenvalue weighted by Gasteiger charge is -2.26. The van der Waals surface area contributed by atoms with Gasteiger partial charge in [0, 0.05) is 31.0 Å². The quantitative estimate of drug-likeness (QED) is 0.131. The maximum Gasteiger partial charge on any atom is 0.280 e. The van der Waals surface area contributed by atoms with Gasteiger partial charge in [-0.25, -0.2) is 0 Å². The predicted octanol–water partition coefficient (Wildman–Crippen LogP) is 5.72. The summed E-state index contributed by atoms with van der Waals surface area (Å²) in [7, 11) is 0. The third kappa shape index (κ3) is 4.92. The maximum absolute atomic E-state index is 11.6. The summed E-state index contributed by atoms with van der Waals surface area (Å²) in [4.78, 5) is 17.8. The molecule has 1 saturated heterocycles. The van der Waals surface area contributed by atoms with E-state index in [2.05, 4.69) is 20.5 Å². The van der Waals surface area contributed by atoms with E-state index in [4.69, 9.17) is 16.6 Å². The molecule has 9 heteroatoms. The van der Waals surface area contributed by atoms with Crippen molar-refractivity contribution in [3.63, 3.8) is 0 Å². The number of nitrogens with one attached hydrogen (secondary N) is 2. The van der Waals surface area contributed by atoms with Crippen molar-refractivity contribution in [3.05, 3.63) is 113 Å². The van der Waals surface area contributed by atoms with Crippen LogP contribution in [0.5, 0.6) is 0 Å². The van der Waals surface area contributed by atoms with Crippen LogP contribution in [-0.2, 0) is 0 Å². The predicted molar refractivity (Wildman–Crippen MR) is 143 cm³/mol. The van der Waals surface area contributed by atoms with Crippen LogP contribution in [0.25, 0.3) is 11.3 Å². The summed E-state index contributed by atoms with van der Waals surface area (Å²) in [5.74, 6) is 1.11. The number of nitro groups is 1. The molecule has 182 valence electrons. The Balaban J connectivity index is 1.41. The summed E-state index contributed by atoms with van der Waals surface area (Å²) in [5.41, 5.74) is 2.36. The molecule has 8 nitrogen and oxygen atoms in total. The van der Waals surface area contributed by atoms with E-state index < -0.39 is 4.92 Å². The molecule has 3 heterocycles. The highest BCUT2D eigenvalue weighted by molar-refractivity contribution is 7.80. The zero-order chi connectivity index (χ0) is 24.9. The lowest BCUT2D eigenvalue weighted by Crippen LogP contribution is -2.31. The van der Waals surface area contributed by atoms with Gasteiger partial charge in [-0.05, 0) is 61.1 Å². The molecule has 1 fully saturated rings. The van der Waals surface area contributed by atoms with Gasteiger partial charge in [-0.2, -0.15) is 0 Å². The lowest BCUT2D eigenvalue weighted by atomic mass is 10.0. The number of aromatic nitrogens is 1. The standard InChI is InChI=1S/C27H25N5O3S/c33-32(34)22-13-5-4-11-20(22)23-14-15-24(35-23)26-25(21-12-6-7-16-29-21)30-27(36)31(26)18-8-17-28-19-9-2-1-3-10-19/h1-7,9-16,25-26,28H,8,17-18H2,(H,30,36)/t25-,26+/m0/s1. The van der Waals surface area contributed by atoms with Crippen LogP contribution < -0.4 is 10.6 Å². The van der Waals surface area contributed by atoms with Crippen LogP contribution in [0, 0.1) is 10.1 Å². The van der Waals surface area contributed by atoms with Crippen molar-refractivity contribution in [2.45, 2.75) is 18.5 Å². The van der Waals surface area contributed by atoms with Gasteiger partial charge >= 0.3 is 0 Å². The van der Waals surface area contributed by atoms with E-state index in [0.29, 0.717) is 28.7 Å². The molecule has 2 aromatic carbocycles. The van der Waals surface area contributed by atoms with E-state index in [0.717, 1.165) is 24.3 Å². The molecule has 2 N–H and O–H groups in total. The number of para-hydroxylation sites is 2. The van der Waals surface area contributed by atoms with Crippen LogP contribution in [0.4, 0.5) is 11.4 Å². The van der Waals surface area contributed by atoms with E-state index in [1.54, 1.807) is 30.5 Å². The fourth-order valence-electron chi connectivity index (χ4n) is 4.49. The molecule has 0 saturated carbocycles. The van der Waals surface area contributed by atoms with E-state index in [-0.39, 0.29) is 17.8 Å². The Morgan fingerprint density at radius 1 is 1.03 bits per heavy atom. The molecule has 2 atom stereocenters. The number of thiocarbonyl (C=S) groups is 1. The third-order valence-electron chi connectivity index (χ3n) is 6.16. The van der Waals surface area contributed by atoms with Gasteiger partial charge < -0.3 is 20.0 Å². The first-order chi connectivity index (χ1) is 17.6. The summed E-state index contributed by atoms with van der Waals surface area (Å²) in [6.07, 6.45) is 2.60. The van der Waals surface area contributed by atoms with Crippen molar-refractivity contribution in [3.8, 4) is 11.3 Å². The molecule has 4 aromatic rings. The van der Waals surface area contributed by atoms with Crippen LogP contribution >= 0.6 is 12.2 Å². The topological polar surface area (TPSA) is 96.5 Å². The largest absolute Gasteiger partial charge is 0.459 e. The Morgan fingerprint density at radius 3 is 2.58 bits per heavy atom. The monoisotopic (exact) mass is 499 g/mol. The normalized spacial score (nSPS) is 17.1. The molecule has 0 radical (unpaired) electrons. The Labute approximate surface area is 214 Å². The molecule has 1 aliphatic heterocycles. The van der Waals surface area contributed by atoms with Crippen molar-refractivity contribution in [1.29, 1.82) is 0 Å². The summed E-state index contributed by atoms with van der Waals surface area (Å²) >= 11 is 5.73. The van der Waals surface area contributed by atoms with Crippen LogP contribution in [0.1, 0.15) is 30.0 Å². The van der Waals surface area contributed by atoms with E-state index in [1.165, 1.54) is 6.07 Å². The second kappa shape index (κ2) is 10.6. The van der Waals surface area contributed by atoms with Crippen LogP contribution in [0.15, 0.2) is 95.5 Å². The average molecular weight is 500 g/mol. The minimum absolute atomic E-state index is 0.00332. The van der Waals surface area contributed by atoms with Gasteiger partial charge in [0.25, 0.3) is 5.69 Å². The van der Waals surface area contributed by atoms with Gasteiger partial charge in [0.15, 0.2) is 5.11 Å². The summed E-state index contributed by atoms with van der Waals surface area (Å²) in [6.45, 7) is 1.48. The lowest BCUT2D eigenvalue weighted by molar-refractivity contribution is -0.384. The molecular weight excluding hydrogens is 474 g/mol. The second-order valence-electron chi connectivity index (χ2n) is 8.44. The molecule has 0 unspecified atom stereocenters. The number of anilines is 1. The van der Waals surface area contributed by atoms with Crippen molar-refractivity contribution < 1.29 is 9.34 Å². The van der Waals surface area contributed by atoms with Gasteiger partial charge in [0.05, 0.1) is 22.2 Å². The number of furan rings is 1. The number of hydrogen-bond acceptors (Lipinski definition) is 6. The summed E-state index contributed by atoms with van der Waals surface area (Å²) < 4.78 is 6.26. The SMILES string of the molecule is O=[N+]([O-])c1ccccc1-c1ccc([C@@H]2[C@H](c3ccccn3)NC(=S)N2CCCNc2ccccc2)o1. The summed E-state index contributed by atoms with van der Waals surface area (Å²) in [6, 6.07) is 25.6. The highest BCUT2D eigenvalue weighted by atomic mass is 32.1. The average Bonchev–Trinajstić information content (AvgIpc) is 3.52. The fraction of sp³-hybridized carbons (Fsp3) is 0.185. The Bertz CT molecular complexity index is 1350. The molecule has 0 aliphatic carbocycles.